The van der Waals surface area contributed by atoms with Crippen LogP contribution in [0.1, 0.15) is 16.1 Å². The number of hydrogen-bond acceptors (Lipinski definition) is 2. The van der Waals surface area contributed by atoms with Gasteiger partial charge in [-0.25, -0.2) is 4.79 Å². The number of pyridine rings is 1. The van der Waals surface area contributed by atoms with Crippen LogP contribution in [-0.4, -0.2) is 16.1 Å². The lowest BCUT2D eigenvalue weighted by molar-refractivity contribution is 0.0697. The molecule has 0 amide bonds. The molecule has 0 aliphatic carbocycles. The number of carbonyl (C=O) groups is 1. The zero-order valence-electron chi connectivity index (χ0n) is 9.14. The molecule has 1 heterocycles. The quantitative estimate of drug-likeness (QED) is 0.885. The average molecular weight is 248 g/mol. The summed E-state index contributed by atoms with van der Waals surface area (Å²) in [5.41, 5.74) is 2.10. The van der Waals surface area contributed by atoms with Gasteiger partial charge >= 0.3 is 5.97 Å². The van der Waals surface area contributed by atoms with Gasteiger partial charge in [-0.05, 0) is 31.2 Å². The van der Waals surface area contributed by atoms with Crippen LogP contribution < -0.4 is 0 Å². The third-order valence-corrected chi connectivity index (χ3v) is 2.60. The van der Waals surface area contributed by atoms with E-state index in [1.165, 1.54) is 0 Å². The number of benzene rings is 1. The van der Waals surface area contributed by atoms with Crippen molar-refractivity contribution >= 4 is 17.6 Å². The molecule has 0 atom stereocenters. The molecule has 0 saturated heterocycles. The highest BCUT2D eigenvalue weighted by molar-refractivity contribution is 6.30. The largest absolute Gasteiger partial charge is 0.478 e. The maximum Gasteiger partial charge on any atom is 0.337 e. The first kappa shape index (κ1) is 11.6. The fourth-order valence-electron chi connectivity index (χ4n) is 1.59. The summed E-state index contributed by atoms with van der Waals surface area (Å²) in [6, 6.07) is 10.2. The number of carboxylic acids is 1. The van der Waals surface area contributed by atoms with Crippen molar-refractivity contribution in [3.8, 4) is 11.3 Å². The summed E-state index contributed by atoms with van der Waals surface area (Å²) in [5, 5.41) is 9.67. The fourth-order valence-corrected chi connectivity index (χ4v) is 1.78. The minimum atomic E-state index is -0.993. The Hall–Kier alpha value is -1.87. The van der Waals surface area contributed by atoms with Gasteiger partial charge in [0, 0.05) is 16.3 Å². The summed E-state index contributed by atoms with van der Waals surface area (Å²) in [7, 11) is 0. The number of nitrogens with zero attached hydrogens (tertiary/aromatic N) is 1. The molecule has 0 fully saturated rings. The van der Waals surface area contributed by atoms with Crippen molar-refractivity contribution in [2.75, 3.05) is 0 Å². The second-order valence-corrected chi connectivity index (χ2v) is 4.10. The topological polar surface area (TPSA) is 50.2 Å². The normalized spacial score (nSPS) is 10.2. The molecule has 3 nitrogen and oxygen atoms in total. The lowest BCUT2D eigenvalue weighted by Crippen LogP contribution is -2.02. The first-order valence-electron chi connectivity index (χ1n) is 5.05. The van der Waals surface area contributed by atoms with Gasteiger partial charge in [-0.3, -0.25) is 4.98 Å². The first-order chi connectivity index (χ1) is 8.08. The van der Waals surface area contributed by atoms with E-state index >= 15 is 0 Å². The monoisotopic (exact) mass is 247 g/mol. The first-order valence-corrected chi connectivity index (χ1v) is 5.42. The Morgan fingerprint density at radius 1 is 1.29 bits per heavy atom. The Morgan fingerprint density at radius 2 is 2.06 bits per heavy atom. The molecule has 2 aromatic rings. The smallest absolute Gasteiger partial charge is 0.337 e. The molecule has 0 bridgehead atoms. The number of halogens is 1. The van der Waals surface area contributed by atoms with Crippen molar-refractivity contribution in [2.24, 2.45) is 0 Å². The summed E-state index contributed by atoms with van der Waals surface area (Å²) in [6.45, 7) is 1.82. The van der Waals surface area contributed by atoms with Gasteiger partial charge in [0.2, 0.25) is 0 Å². The Labute approximate surface area is 104 Å². The average Bonchev–Trinajstić information content (AvgIpc) is 2.28. The minimum absolute atomic E-state index is 0.179. The zero-order chi connectivity index (χ0) is 12.4. The second-order valence-electron chi connectivity index (χ2n) is 3.66. The van der Waals surface area contributed by atoms with Crippen LogP contribution >= 0.6 is 11.6 Å². The molecule has 0 aliphatic rings. The maximum atomic E-state index is 11.1. The Kier molecular flexibility index (Phi) is 3.11. The van der Waals surface area contributed by atoms with E-state index in [9.17, 15) is 4.79 Å². The van der Waals surface area contributed by atoms with E-state index in [1.807, 2.05) is 6.92 Å². The van der Waals surface area contributed by atoms with Crippen LogP contribution in [0.5, 0.6) is 0 Å². The number of hydrogen-bond donors (Lipinski definition) is 1. The molecule has 0 saturated carbocycles. The lowest BCUT2D eigenvalue weighted by atomic mass is 10.1. The molecule has 1 N–H and O–H groups in total. The van der Waals surface area contributed by atoms with E-state index in [4.69, 9.17) is 16.7 Å². The summed E-state index contributed by atoms with van der Waals surface area (Å²) in [5.74, 6) is -0.993. The van der Waals surface area contributed by atoms with Crippen LogP contribution in [0.15, 0.2) is 36.4 Å². The number of carboxylic acid groups (broad SMARTS) is 1. The molecular formula is C13H10ClNO2. The molecule has 0 unspecified atom stereocenters. The molecule has 1 aromatic heterocycles. The maximum absolute atomic E-state index is 11.1. The van der Waals surface area contributed by atoms with Gasteiger partial charge in [-0.1, -0.05) is 23.7 Å². The summed E-state index contributed by atoms with van der Waals surface area (Å²) >= 11 is 5.89. The third-order valence-electron chi connectivity index (χ3n) is 2.36. The highest BCUT2D eigenvalue weighted by Crippen LogP contribution is 2.24. The van der Waals surface area contributed by atoms with Crippen molar-refractivity contribution < 1.29 is 9.90 Å². The Bertz CT molecular complexity index is 581. The predicted molar refractivity (Wildman–Crippen MR) is 66.4 cm³/mol. The second kappa shape index (κ2) is 4.55. The van der Waals surface area contributed by atoms with Crippen LogP contribution in [0.3, 0.4) is 0 Å². The number of aryl methyl sites for hydroxylation is 1. The van der Waals surface area contributed by atoms with E-state index in [-0.39, 0.29) is 5.56 Å². The summed E-state index contributed by atoms with van der Waals surface area (Å²) in [4.78, 5) is 15.4. The van der Waals surface area contributed by atoms with Crippen molar-refractivity contribution in [1.29, 1.82) is 0 Å². The van der Waals surface area contributed by atoms with Crippen molar-refractivity contribution in [3.63, 3.8) is 0 Å². The van der Waals surface area contributed by atoms with Crippen LogP contribution in [0.25, 0.3) is 11.3 Å². The summed E-state index contributed by atoms with van der Waals surface area (Å²) in [6.07, 6.45) is 0. The number of aromatic nitrogens is 1. The van der Waals surface area contributed by atoms with Crippen LogP contribution in [0.2, 0.25) is 5.02 Å². The van der Waals surface area contributed by atoms with Gasteiger partial charge < -0.3 is 5.11 Å². The van der Waals surface area contributed by atoms with Gasteiger partial charge in [0.15, 0.2) is 0 Å². The lowest BCUT2D eigenvalue weighted by Gasteiger charge is -2.06. The predicted octanol–water partition coefficient (Wildman–Crippen LogP) is 3.41. The van der Waals surface area contributed by atoms with Crippen LogP contribution in [0.4, 0.5) is 0 Å². The Balaban J connectivity index is 2.65. The fraction of sp³-hybridized carbons (Fsp3) is 0.0769. The molecule has 17 heavy (non-hydrogen) atoms. The van der Waals surface area contributed by atoms with Gasteiger partial charge in [0.25, 0.3) is 0 Å². The molecule has 1 aromatic carbocycles. The molecule has 86 valence electrons. The van der Waals surface area contributed by atoms with Crippen LogP contribution in [0, 0.1) is 6.92 Å². The molecule has 0 radical (unpaired) electrons. The number of rotatable bonds is 2. The molecule has 4 heteroatoms. The van der Waals surface area contributed by atoms with E-state index < -0.39 is 5.97 Å². The molecular weight excluding hydrogens is 238 g/mol. The van der Waals surface area contributed by atoms with E-state index in [0.29, 0.717) is 16.3 Å². The van der Waals surface area contributed by atoms with E-state index in [0.717, 1.165) is 5.69 Å². The van der Waals surface area contributed by atoms with Crippen molar-refractivity contribution in [1.82, 2.24) is 4.98 Å². The van der Waals surface area contributed by atoms with Gasteiger partial charge in [-0.2, -0.15) is 0 Å². The van der Waals surface area contributed by atoms with Gasteiger partial charge in [0.1, 0.15) is 0 Å². The minimum Gasteiger partial charge on any atom is -0.478 e. The van der Waals surface area contributed by atoms with Crippen molar-refractivity contribution in [3.05, 3.63) is 52.7 Å². The molecule has 2 rings (SSSR count). The number of aromatic carboxylic acids is 1. The SMILES string of the molecule is Cc1ccc(C(=O)O)c(-c2cccc(Cl)c2)n1. The van der Waals surface area contributed by atoms with Gasteiger partial charge in [0.05, 0.1) is 11.3 Å². The zero-order valence-corrected chi connectivity index (χ0v) is 9.90. The van der Waals surface area contributed by atoms with Crippen molar-refractivity contribution in [2.45, 2.75) is 6.92 Å². The Morgan fingerprint density at radius 3 is 2.71 bits per heavy atom. The van der Waals surface area contributed by atoms with Crippen LogP contribution in [-0.2, 0) is 0 Å². The van der Waals surface area contributed by atoms with E-state index in [2.05, 4.69) is 4.98 Å². The summed E-state index contributed by atoms with van der Waals surface area (Å²) < 4.78 is 0. The van der Waals surface area contributed by atoms with Gasteiger partial charge in [-0.15, -0.1) is 0 Å². The highest BCUT2D eigenvalue weighted by atomic mass is 35.5. The molecule has 0 aliphatic heterocycles. The standard InChI is InChI=1S/C13H10ClNO2/c1-8-5-6-11(13(16)17)12(15-8)9-3-2-4-10(14)7-9/h2-7H,1H3,(H,16,17). The third kappa shape index (κ3) is 2.45. The molecule has 0 spiro atoms. The van der Waals surface area contributed by atoms with E-state index in [1.54, 1.807) is 36.4 Å². The highest BCUT2D eigenvalue weighted by Gasteiger charge is 2.13.